The van der Waals surface area contributed by atoms with Gasteiger partial charge in [0.2, 0.25) is 5.91 Å². The van der Waals surface area contributed by atoms with Gasteiger partial charge < -0.3 is 15.2 Å². The van der Waals surface area contributed by atoms with E-state index < -0.39 is 5.97 Å². The second-order valence-corrected chi connectivity index (χ2v) is 3.28. The van der Waals surface area contributed by atoms with Crippen LogP contribution in [0.15, 0.2) is 24.3 Å². The van der Waals surface area contributed by atoms with Crippen molar-refractivity contribution in [1.29, 1.82) is 0 Å². The van der Waals surface area contributed by atoms with Gasteiger partial charge in [0.15, 0.2) is 0 Å². The summed E-state index contributed by atoms with van der Waals surface area (Å²) in [7, 11) is 0. The minimum atomic E-state index is -1.17. The highest BCUT2D eigenvalue weighted by Gasteiger charge is 2.02. The van der Waals surface area contributed by atoms with E-state index in [1.807, 2.05) is 0 Å². The average molecular weight is 224 g/mol. The molecule has 1 amide bonds. The summed E-state index contributed by atoms with van der Waals surface area (Å²) in [4.78, 5) is 21.4. The van der Waals surface area contributed by atoms with E-state index in [0.29, 0.717) is 5.69 Å². The summed E-state index contributed by atoms with van der Waals surface area (Å²) in [5, 5.41) is 12.6. The molecule has 0 aromatic heterocycles. The van der Waals surface area contributed by atoms with E-state index >= 15 is 0 Å². The third kappa shape index (κ3) is 4.54. The minimum Gasteiger partial charge on any atom is -0.550 e. The van der Waals surface area contributed by atoms with Crippen LogP contribution in [0.1, 0.15) is 19.3 Å². The number of carboxylic acids is 1. The number of rotatable bonds is 5. The molecule has 5 heteroatoms. The molecule has 0 aliphatic heterocycles. The van der Waals surface area contributed by atoms with E-state index in [2.05, 4.69) is 5.32 Å². The zero-order chi connectivity index (χ0) is 12.0. The molecule has 0 fully saturated rings. The molecule has 86 valence electrons. The highest BCUT2D eigenvalue weighted by molar-refractivity contribution is 5.90. The Kier molecular flexibility index (Phi) is 4.44. The average Bonchev–Trinajstić information content (AvgIpc) is 2.21. The summed E-state index contributed by atoms with van der Waals surface area (Å²) in [5.41, 5.74) is 0.486. The lowest BCUT2D eigenvalue weighted by Crippen LogP contribution is -2.22. The maximum Gasteiger partial charge on any atom is 0.224 e. The number of carboxylic acid groups (broad SMARTS) is 1. The van der Waals surface area contributed by atoms with Crippen molar-refractivity contribution >= 4 is 17.6 Å². The van der Waals surface area contributed by atoms with Crippen LogP contribution in [-0.4, -0.2) is 11.9 Å². The second kappa shape index (κ2) is 5.85. The van der Waals surface area contributed by atoms with E-state index in [1.165, 1.54) is 24.3 Å². The summed E-state index contributed by atoms with van der Waals surface area (Å²) in [6.45, 7) is 0. The SMILES string of the molecule is O=C([O-])CCCC(=O)Nc1ccc(F)cc1. The monoisotopic (exact) mass is 224 g/mol. The summed E-state index contributed by atoms with van der Waals surface area (Å²) in [5.74, 6) is -1.85. The van der Waals surface area contributed by atoms with Gasteiger partial charge in [-0.2, -0.15) is 0 Å². The molecule has 4 nitrogen and oxygen atoms in total. The molecule has 0 aliphatic carbocycles. The number of aliphatic carboxylic acids is 1. The van der Waals surface area contributed by atoms with Crippen molar-refractivity contribution in [2.24, 2.45) is 0 Å². The Morgan fingerprint density at radius 1 is 1.19 bits per heavy atom. The smallest absolute Gasteiger partial charge is 0.224 e. The van der Waals surface area contributed by atoms with E-state index in [9.17, 15) is 19.1 Å². The van der Waals surface area contributed by atoms with Gasteiger partial charge in [-0.25, -0.2) is 4.39 Å². The summed E-state index contributed by atoms with van der Waals surface area (Å²) in [6, 6.07) is 5.34. The van der Waals surface area contributed by atoms with Gasteiger partial charge in [0.25, 0.3) is 0 Å². The Labute approximate surface area is 92.1 Å². The summed E-state index contributed by atoms with van der Waals surface area (Å²) < 4.78 is 12.5. The van der Waals surface area contributed by atoms with Crippen molar-refractivity contribution in [3.63, 3.8) is 0 Å². The van der Waals surface area contributed by atoms with Gasteiger partial charge >= 0.3 is 0 Å². The largest absolute Gasteiger partial charge is 0.550 e. The van der Waals surface area contributed by atoms with Crippen LogP contribution in [0.5, 0.6) is 0 Å². The molecule has 0 saturated heterocycles. The number of carbonyl (C=O) groups excluding carboxylic acids is 2. The van der Waals surface area contributed by atoms with Crippen molar-refractivity contribution in [3.05, 3.63) is 30.1 Å². The first-order valence-electron chi connectivity index (χ1n) is 4.83. The van der Waals surface area contributed by atoms with Crippen molar-refractivity contribution < 1.29 is 19.1 Å². The first-order valence-corrected chi connectivity index (χ1v) is 4.83. The topological polar surface area (TPSA) is 69.2 Å². The fourth-order valence-corrected chi connectivity index (χ4v) is 1.15. The molecule has 1 aromatic rings. The second-order valence-electron chi connectivity index (χ2n) is 3.28. The Morgan fingerprint density at radius 3 is 2.38 bits per heavy atom. The third-order valence-corrected chi connectivity index (χ3v) is 1.91. The molecule has 0 heterocycles. The number of hydrogen-bond acceptors (Lipinski definition) is 3. The van der Waals surface area contributed by atoms with Crippen molar-refractivity contribution in [1.82, 2.24) is 0 Å². The zero-order valence-corrected chi connectivity index (χ0v) is 8.53. The van der Waals surface area contributed by atoms with Gasteiger partial charge in [0.1, 0.15) is 5.82 Å². The lowest BCUT2D eigenvalue weighted by Gasteiger charge is -2.05. The van der Waals surface area contributed by atoms with E-state index in [-0.39, 0.29) is 31.0 Å². The molecule has 0 bridgehead atoms. The maximum atomic E-state index is 12.5. The molecule has 1 aromatic carbocycles. The Bertz CT molecular complexity index is 375. The highest BCUT2D eigenvalue weighted by Crippen LogP contribution is 2.09. The minimum absolute atomic E-state index is 0.103. The number of anilines is 1. The number of nitrogens with one attached hydrogen (secondary N) is 1. The van der Waals surface area contributed by atoms with E-state index in [1.54, 1.807) is 0 Å². The number of carbonyl (C=O) groups is 2. The zero-order valence-electron chi connectivity index (χ0n) is 8.53. The number of amides is 1. The molecule has 16 heavy (non-hydrogen) atoms. The first-order chi connectivity index (χ1) is 7.58. The quantitative estimate of drug-likeness (QED) is 0.799. The Balaban J connectivity index is 2.34. The summed E-state index contributed by atoms with van der Waals surface area (Å²) >= 11 is 0. The van der Waals surface area contributed by atoms with Crippen molar-refractivity contribution in [3.8, 4) is 0 Å². The fourth-order valence-electron chi connectivity index (χ4n) is 1.15. The van der Waals surface area contributed by atoms with Crippen LogP contribution in [0.3, 0.4) is 0 Å². The maximum absolute atomic E-state index is 12.5. The van der Waals surface area contributed by atoms with E-state index in [0.717, 1.165) is 0 Å². The first kappa shape index (κ1) is 12.2. The van der Waals surface area contributed by atoms with Gasteiger partial charge in [0.05, 0.1) is 0 Å². The summed E-state index contributed by atoms with van der Waals surface area (Å²) in [6.07, 6.45) is 0.192. The van der Waals surface area contributed by atoms with Crippen molar-refractivity contribution in [2.45, 2.75) is 19.3 Å². The number of halogens is 1. The van der Waals surface area contributed by atoms with E-state index in [4.69, 9.17) is 0 Å². The molecule has 0 radical (unpaired) electrons. The Hall–Kier alpha value is -1.91. The lowest BCUT2D eigenvalue weighted by molar-refractivity contribution is -0.305. The molecule has 0 aliphatic rings. The van der Waals surface area contributed by atoms with Crippen LogP contribution >= 0.6 is 0 Å². The number of benzene rings is 1. The lowest BCUT2D eigenvalue weighted by atomic mass is 10.2. The normalized spacial score (nSPS) is 9.81. The number of hydrogen-bond donors (Lipinski definition) is 1. The molecule has 0 saturated carbocycles. The van der Waals surface area contributed by atoms with Gasteiger partial charge in [0, 0.05) is 18.1 Å². The van der Waals surface area contributed by atoms with Crippen LogP contribution in [-0.2, 0) is 9.59 Å². The van der Waals surface area contributed by atoms with Crippen LogP contribution in [0, 0.1) is 5.82 Å². The standard InChI is InChI=1S/C11H12FNO3/c12-8-4-6-9(7-5-8)13-10(14)2-1-3-11(15)16/h4-7H,1-3H2,(H,13,14)(H,15,16)/p-1. The Morgan fingerprint density at radius 2 is 1.81 bits per heavy atom. The van der Waals surface area contributed by atoms with Crippen LogP contribution in [0.2, 0.25) is 0 Å². The molecular weight excluding hydrogens is 213 g/mol. The molecular formula is C11H11FNO3-. The molecule has 1 rings (SSSR count). The van der Waals surface area contributed by atoms with Gasteiger partial charge in [-0.05, 0) is 37.1 Å². The van der Waals surface area contributed by atoms with Crippen LogP contribution < -0.4 is 10.4 Å². The van der Waals surface area contributed by atoms with Crippen LogP contribution in [0.4, 0.5) is 10.1 Å². The molecule has 0 unspecified atom stereocenters. The molecule has 0 spiro atoms. The van der Waals surface area contributed by atoms with Gasteiger partial charge in [-0.1, -0.05) is 0 Å². The van der Waals surface area contributed by atoms with Gasteiger partial charge in [-0.3, -0.25) is 4.79 Å². The third-order valence-electron chi connectivity index (χ3n) is 1.91. The van der Waals surface area contributed by atoms with Crippen molar-refractivity contribution in [2.75, 3.05) is 5.32 Å². The van der Waals surface area contributed by atoms with Gasteiger partial charge in [-0.15, -0.1) is 0 Å². The molecule has 0 atom stereocenters. The molecule has 1 N–H and O–H groups in total. The van der Waals surface area contributed by atoms with Crippen LogP contribution in [0.25, 0.3) is 0 Å². The predicted molar refractivity (Wildman–Crippen MR) is 53.9 cm³/mol. The fraction of sp³-hybridized carbons (Fsp3) is 0.273. The predicted octanol–water partition coefficient (Wildman–Crippen LogP) is 0.684. The highest BCUT2D eigenvalue weighted by atomic mass is 19.1.